The number of aliphatic imine (C=N–C) groups is 1. The summed E-state index contributed by atoms with van der Waals surface area (Å²) in [5.41, 5.74) is 12.2. The highest BCUT2D eigenvalue weighted by Crippen LogP contribution is 2.32. The lowest BCUT2D eigenvalue weighted by Crippen LogP contribution is -2.49. The Morgan fingerprint density at radius 2 is 2.06 bits per heavy atom. The molecule has 4 nitrogen and oxygen atoms in total. The Kier molecular flexibility index (Phi) is 2.80. The molecule has 1 aromatic rings. The van der Waals surface area contributed by atoms with Gasteiger partial charge in [0.15, 0.2) is 0 Å². The molecule has 0 fully saturated rings. The van der Waals surface area contributed by atoms with Gasteiger partial charge in [-0.15, -0.1) is 0 Å². The molecule has 2 rings (SSSR count). The molecule has 1 aromatic carbocycles. The molecule has 5 N–H and O–H groups in total. The summed E-state index contributed by atoms with van der Waals surface area (Å²) in [5.74, 6) is -0.835. The second-order valence-corrected chi connectivity index (χ2v) is 4.17. The molecule has 1 atom stereocenters. The fourth-order valence-electron chi connectivity index (χ4n) is 1.46. The summed E-state index contributed by atoms with van der Waals surface area (Å²) in [4.78, 5) is 4.12. The average Bonchev–Trinajstić information content (AvgIpc) is 2.21. The van der Waals surface area contributed by atoms with E-state index in [9.17, 15) is 0 Å². The third kappa shape index (κ3) is 1.87. The predicted octanol–water partition coefficient (Wildman–Crippen LogP) is 1.54. The van der Waals surface area contributed by atoms with Gasteiger partial charge in [0.05, 0.1) is 10.0 Å². The van der Waals surface area contributed by atoms with Crippen molar-refractivity contribution in [3.05, 3.63) is 46.1 Å². The number of rotatable bonds is 1. The van der Waals surface area contributed by atoms with E-state index < -0.39 is 5.79 Å². The molecule has 1 unspecified atom stereocenters. The van der Waals surface area contributed by atoms with E-state index >= 15 is 0 Å². The maximum atomic E-state index is 6.08. The molecule has 0 saturated heterocycles. The number of nitrogens with one attached hydrogen (secondary N) is 1. The highest BCUT2D eigenvalue weighted by molar-refractivity contribution is 6.42. The molecule has 0 aromatic heterocycles. The zero-order chi connectivity index (χ0) is 11.8. The van der Waals surface area contributed by atoms with Crippen LogP contribution < -0.4 is 16.8 Å². The molecule has 1 aliphatic rings. The lowest BCUT2D eigenvalue weighted by molar-refractivity contribution is 0.410. The summed E-state index contributed by atoms with van der Waals surface area (Å²) < 4.78 is 0. The molecule has 0 bridgehead atoms. The van der Waals surface area contributed by atoms with E-state index in [0.29, 0.717) is 21.4 Å². The van der Waals surface area contributed by atoms with Crippen LogP contribution in [0.5, 0.6) is 0 Å². The maximum Gasteiger partial charge on any atom is 0.212 e. The Morgan fingerprint density at radius 3 is 2.75 bits per heavy atom. The molecular formula is C10H10Cl2N4. The van der Waals surface area contributed by atoms with Crippen LogP contribution in [0.2, 0.25) is 10.0 Å². The highest BCUT2D eigenvalue weighted by Gasteiger charge is 2.30. The molecule has 0 aliphatic carbocycles. The molecule has 6 heteroatoms. The van der Waals surface area contributed by atoms with Crippen molar-refractivity contribution in [2.24, 2.45) is 16.5 Å². The average molecular weight is 257 g/mol. The van der Waals surface area contributed by atoms with Crippen molar-refractivity contribution in [3.63, 3.8) is 0 Å². The van der Waals surface area contributed by atoms with Gasteiger partial charge in [-0.3, -0.25) is 5.73 Å². The van der Waals surface area contributed by atoms with Crippen molar-refractivity contribution in [1.82, 2.24) is 5.32 Å². The third-order valence-corrected chi connectivity index (χ3v) is 3.04. The number of hydrogen-bond donors (Lipinski definition) is 3. The van der Waals surface area contributed by atoms with Gasteiger partial charge in [-0.2, -0.15) is 0 Å². The van der Waals surface area contributed by atoms with Crippen LogP contribution in [-0.2, 0) is 5.79 Å². The fourth-order valence-corrected chi connectivity index (χ4v) is 1.91. The lowest BCUT2D eigenvalue weighted by atomic mass is 10.1. The van der Waals surface area contributed by atoms with Gasteiger partial charge < -0.3 is 11.1 Å². The molecule has 0 saturated carbocycles. The summed E-state index contributed by atoms with van der Waals surface area (Å²) in [6.07, 6.45) is 3.24. The van der Waals surface area contributed by atoms with E-state index in [4.69, 9.17) is 34.7 Å². The minimum atomic E-state index is -1.17. The summed E-state index contributed by atoms with van der Waals surface area (Å²) in [7, 11) is 0. The second kappa shape index (κ2) is 3.97. The smallest absolute Gasteiger partial charge is 0.212 e. The first-order valence-corrected chi connectivity index (χ1v) is 5.31. The first kappa shape index (κ1) is 11.3. The van der Waals surface area contributed by atoms with E-state index in [1.165, 1.54) is 0 Å². The van der Waals surface area contributed by atoms with Gasteiger partial charge >= 0.3 is 0 Å². The van der Waals surface area contributed by atoms with Crippen molar-refractivity contribution < 1.29 is 0 Å². The predicted molar refractivity (Wildman–Crippen MR) is 66.2 cm³/mol. The first-order valence-electron chi connectivity index (χ1n) is 4.56. The van der Waals surface area contributed by atoms with E-state index in [1.54, 1.807) is 30.5 Å². The van der Waals surface area contributed by atoms with Crippen molar-refractivity contribution in [2.75, 3.05) is 0 Å². The monoisotopic (exact) mass is 256 g/mol. The van der Waals surface area contributed by atoms with E-state index in [1.807, 2.05) is 0 Å². The summed E-state index contributed by atoms with van der Waals surface area (Å²) in [6.45, 7) is 0. The molecule has 1 aliphatic heterocycles. The highest BCUT2D eigenvalue weighted by atomic mass is 35.5. The zero-order valence-corrected chi connectivity index (χ0v) is 9.76. The standard InChI is InChI=1S/C10H10Cl2N4/c11-7-3-1-2-6(9(7)12)10(14)15-5-4-8(13)16-10/h1-5,15H,14H2,(H2,13,16). The Hall–Kier alpha value is -1.23. The second-order valence-electron chi connectivity index (χ2n) is 3.38. The first-order chi connectivity index (χ1) is 7.53. The molecule has 1 heterocycles. The van der Waals surface area contributed by atoms with Gasteiger partial charge in [0.1, 0.15) is 5.84 Å². The molecular weight excluding hydrogens is 247 g/mol. The number of amidine groups is 1. The van der Waals surface area contributed by atoms with Crippen LogP contribution in [0.25, 0.3) is 0 Å². The van der Waals surface area contributed by atoms with Crippen molar-refractivity contribution in [3.8, 4) is 0 Å². The van der Waals surface area contributed by atoms with Gasteiger partial charge in [-0.1, -0.05) is 35.3 Å². The molecule has 16 heavy (non-hydrogen) atoms. The van der Waals surface area contributed by atoms with Crippen LogP contribution in [0.1, 0.15) is 5.56 Å². The number of nitrogens with two attached hydrogens (primary N) is 2. The largest absolute Gasteiger partial charge is 0.384 e. The van der Waals surface area contributed by atoms with Crippen LogP contribution >= 0.6 is 23.2 Å². The molecule has 0 spiro atoms. The number of benzene rings is 1. The molecule has 84 valence electrons. The SMILES string of the molecule is NC1=NC(N)(c2cccc(Cl)c2Cl)NC=C1. The van der Waals surface area contributed by atoms with E-state index in [-0.39, 0.29) is 0 Å². The van der Waals surface area contributed by atoms with Gasteiger partial charge in [-0.05, 0) is 12.1 Å². The van der Waals surface area contributed by atoms with Crippen molar-refractivity contribution in [1.29, 1.82) is 0 Å². The van der Waals surface area contributed by atoms with Gasteiger partial charge in [-0.25, -0.2) is 4.99 Å². The summed E-state index contributed by atoms with van der Waals surface area (Å²) >= 11 is 12.0. The quantitative estimate of drug-likeness (QED) is 0.714. The Balaban J connectivity index is 2.52. The number of nitrogens with zero attached hydrogens (tertiary/aromatic N) is 1. The van der Waals surface area contributed by atoms with Crippen molar-refractivity contribution >= 4 is 29.0 Å². The zero-order valence-electron chi connectivity index (χ0n) is 8.24. The Morgan fingerprint density at radius 1 is 1.31 bits per heavy atom. The van der Waals surface area contributed by atoms with Gasteiger partial charge in [0.2, 0.25) is 5.79 Å². The van der Waals surface area contributed by atoms with Gasteiger partial charge in [0, 0.05) is 11.8 Å². The van der Waals surface area contributed by atoms with Crippen LogP contribution in [-0.4, -0.2) is 5.84 Å². The van der Waals surface area contributed by atoms with E-state index in [2.05, 4.69) is 10.3 Å². The van der Waals surface area contributed by atoms with Gasteiger partial charge in [0.25, 0.3) is 0 Å². The molecule has 0 amide bonds. The molecule has 0 radical (unpaired) electrons. The van der Waals surface area contributed by atoms with Crippen LogP contribution in [0.4, 0.5) is 0 Å². The Labute approximate surface area is 103 Å². The van der Waals surface area contributed by atoms with Crippen LogP contribution in [0.3, 0.4) is 0 Å². The summed E-state index contributed by atoms with van der Waals surface area (Å²) in [6, 6.07) is 5.18. The fraction of sp³-hybridized carbons (Fsp3) is 0.100. The maximum absolute atomic E-state index is 6.08. The van der Waals surface area contributed by atoms with Crippen molar-refractivity contribution in [2.45, 2.75) is 5.79 Å². The lowest BCUT2D eigenvalue weighted by Gasteiger charge is -2.29. The number of halogens is 2. The van der Waals surface area contributed by atoms with Crippen LogP contribution in [0.15, 0.2) is 35.5 Å². The Bertz CT molecular complexity index is 484. The minimum Gasteiger partial charge on any atom is -0.384 e. The normalized spacial score (nSPS) is 23.8. The summed E-state index contributed by atoms with van der Waals surface area (Å²) in [5, 5.41) is 3.69. The van der Waals surface area contributed by atoms with E-state index in [0.717, 1.165) is 0 Å². The minimum absolute atomic E-state index is 0.331. The topological polar surface area (TPSA) is 76.4 Å². The van der Waals surface area contributed by atoms with Crippen LogP contribution in [0, 0.1) is 0 Å². The number of hydrogen-bond acceptors (Lipinski definition) is 4. The third-order valence-electron chi connectivity index (χ3n) is 2.23.